The SMILES string of the molecule is CCS(=O)(=O)[N+]1(c2ccc(Oc3ccc(C(C)(C)C)cc3F)cc2)C=C(CN)C=CC1. The molecule has 5 nitrogen and oxygen atoms in total. The third-order valence-corrected chi connectivity index (χ3v) is 7.67. The number of hydrogen-bond acceptors (Lipinski definition) is 4. The van der Waals surface area contributed by atoms with E-state index in [2.05, 4.69) is 0 Å². The second-order valence-corrected chi connectivity index (χ2v) is 11.0. The van der Waals surface area contributed by atoms with Crippen LogP contribution in [-0.4, -0.2) is 27.3 Å². The number of rotatable bonds is 6. The van der Waals surface area contributed by atoms with Gasteiger partial charge in [0.2, 0.25) is 0 Å². The quantitative estimate of drug-likeness (QED) is 0.637. The van der Waals surface area contributed by atoms with Crippen molar-refractivity contribution in [3.63, 3.8) is 0 Å². The molecule has 0 spiro atoms. The Bertz CT molecular complexity index is 1120. The van der Waals surface area contributed by atoms with E-state index in [4.69, 9.17) is 10.5 Å². The molecule has 0 amide bonds. The van der Waals surface area contributed by atoms with E-state index in [1.54, 1.807) is 43.5 Å². The maximum absolute atomic E-state index is 14.5. The first-order valence-corrected chi connectivity index (χ1v) is 11.9. The monoisotopic (exact) mass is 445 g/mol. The Morgan fingerprint density at radius 3 is 2.35 bits per heavy atom. The summed E-state index contributed by atoms with van der Waals surface area (Å²) in [5.74, 6) is 0.0924. The van der Waals surface area contributed by atoms with E-state index >= 15 is 0 Å². The predicted octanol–water partition coefficient (Wildman–Crippen LogP) is 4.98. The Labute approximate surface area is 184 Å². The van der Waals surface area contributed by atoms with Crippen LogP contribution in [0.15, 0.2) is 66.4 Å². The lowest BCUT2D eigenvalue weighted by Crippen LogP contribution is -2.51. The van der Waals surface area contributed by atoms with E-state index in [1.165, 1.54) is 6.07 Å². The van der Waals surface area contributed by atoms with E-state index in [1.807, 2.05) is 39.0 Å². The second kappa shape index (κ2) is 8.57. The number of benzene rings is 2. The third-order valence-electron chi connectivity index (χ3n) is 5.48. The average molecular weight is 446 g/mol. The van der Waals surface area contributed by atoms with Crippen molar-refractivity contribution < 1.29 is 17.5 Å². The molecule has 2 N–H and O–H groups in total. The summed E-state index contributed by atoms with van der Waals surface area (Å²) in [6, 6.07) is 11.7. The topological polar surface area (TPSA) is 69.4 Å². The minimum absolute atomic E-state index is 0.0151. The number of halogens is 1. The predicted molar refractivity (Wildman–Crippen MR) is 124 cm³/mol. The molecule has 0 aromatic heterocycles. The molecule has 0 aliphatic carbocycles. The first-order valence-electron chi connectivity index (χ1n) is 10.3. The van der Waals surface area contributed by atoms with Crippen molar-refractivity contribution >= 4 is 15.7 Å². The number of quaternary nitrogens is 1. The van der Waals surface area contributed by atoms with E-state index < -0.39 is 15.8 Å². The third kappa shape index (κ3) is 4.59. The molecular formula is C24H30FN2O3S+. The molecule has 2 aromatic rings. The number of hydrogen-bond donors (Lipinski definition) is 1. The number of sulfonamides is 1. The molecule has 1 aliphatic heterocycles. The van der Waals surface area contributed by atoms with Gasteiger partial charge in [0.15, 0.2) is 17.3 Å². The van der Waals surface area contributed by atoms with Crippen LogP contribution in [0.1, 0.15) is 33.3 Å². The summed E-state index contributed by atoms with van der Waals surface area (Å²) < 4.78 is 46.0. The Balaban J connectivity index is 1.93. The lowest BCUT2D eigenvalue weighted by molar-refractivity contribution is 0.439. The van der Waals surface area contributed by atoms with Crippen molar-refractivity contribution in [3.05, 3.63) is 77.8 Å². The maximum Gasteiger partial charge on any atom is 0.306 e. The van der Waals surface area contributed by atoms with E-state index in [0.29, 0.717) is 11.4 Å². The van der Waals surface area contributed by atoms with Gasteiger partial charge < -0.3 is 10.5 Å². The van der Waals surface area contributed by atoms with Gasteiger partial charge in [-0.2, -0.15) is 12.3 Å². The van der Waals surface area contributed by atoms with E-state index in [9.17, 15) is 12.8 Å². The molecular weight excluding hydrogens is 415 g/mol. The minimum Gasteiger partial charge on any atom is -0.454 e. The Morgan fingerprint density at radius 2 is 1.81 bits per heavy atom. The molecule has 0 bridgehead atoms. The van der Waals surface area contributed by atoms with Crippen LogP contribution >= 0.6 is 0 Å². The Morgan fingerprint density at radius 1 is 1.13 bits per heavy atom. The summed E-state index contributed by atoms with van der Waals surface area (Å²) >= 11 is 0. The van der Waals surface area contributed by atoms with Crippen LogP contribution in [0.5, 0.6) is 11.5 Å². The first-order chi connectivity index (χ1) is 14.5. The number of nitrogens with zero attached hydrogens (tertiary/aromatic N) is 1. The van der Waals surface area contributed by atoms with Gasteiger partial charge in [-0.3, -0.25) is 0 Å². The van der Waals surface area contributed by atoms with Gasteiger partial charge in [-0.1, -0.05) is 32.9 Å². The lowest BCUT2D eigenvalue weighted by atomic mass is 9.87. The van der Waals surface area contributed by atoms with Gasteiger partial charge in [0.25, 0.3) is 0 Å². The van der Waals surface area contributed by atoms with Crippen LogP contribution in [0.25, 0.3) is 0 Å². The summed E-state index contributed by atoms with van der Waals surface area (Å²) in [5, 5.41) is 0. The lowest BCUT2D eigenvalue weighted by Gasteiger charge is -2.34. The average Bonchev–Trinajstić information content (AvgIpc) is 2.74. The van der Waals surface area contributed by atoms with Gasteiger partial charge in [-0.05, 0) is 48.2 Å². The Hall–Kier alpha value is -2.48. The van der Waals surface area contributed by atoms with Gasteiger partial charge in [0.05, 0.1) is 5.75 Å². The van der Waals surface area contributed by atoms with E-state index in [0.717, 1.165) is 11.1 Å². The zero-order valence-electron chi connectivity index (χ0n) is 18.4. The largest absolute Gasteiger partial charge is 0.454 e. The van der Waals surface area contributed by atoms with Crippen molar-refractivity contribution in [1.82, 2.24) is 3.89 Å². The molecule has 0 fully saturated rings. The summed E-state index contributed by atoms with van der Waals surface area (Å²) in [4.78, 5) is 0. The van der Waals surface area contributed by atoms with Crippen LogP contribution in [0, 0.1) is 5.82 Å². The normalized spacial score (nSPS) is 19.2. The highest BCUT2D eigenvalue weighted by atomic mass is 32.2. The van der Waals surface area contributed by atoms with Crippen molar-refractivity contribution in [2.45, 2.75) is 33.1 Å². The molecule has 1 heterocycles. The molecule has 1 aliphatic rings. The van der Waals surface area contributed by atoms with Crippen molar-refractivity contribution in [3.8, 4) is 11.5 Å². The highest BCUT2D eigenvalue weighted by Gasteiger charge is 2.42. The van der Waals surface area contributed by atoms with Crippen LogP contribution in [0.4, 0.5) is 10.1 Å². The standard InChI is InChI=1S/C24H30FN2O3S/c1-5-31(28,29)27(14-6-7-18(16-26)17-27)20-9-11-21(12-10-20)30-23-13-8-19(15-22(23)25)24(2,3)4/h6-13,15,17H,5,14,16,26H2,1-4H3/q+1. The molecule has 0 saturated heterocycles. The van der Waals surface area contributed by atoms with Crippen LogP contribution < -0.4 is 14.4 Å². The molecule has 0 saturated carbocycles. The van der Waals surface area contributed by atoms with Gasteiger partial charge >= 0.3 is 10.0 Å². The Kier molecular flexibility index (Phi) is 6.41. The van der Waals surface area contributed by atoms with Crippen molar-refractivity contribution in [2.75, 3.05) is 18.8 Å². The molecule has 3 rings (SSSR count). The second-order valence-electron chi connectivity index (χ2n) is 8.65. The highest BCUT2D eigenvalue weighted by molar-refractivity contribution is 7.91. The minimum atomic E-state index is -3.52. The molecule has 0 radical (unpaired) electrons. The van der Waals surface area contributed by atoms with Crippen molar-refractivity contribution in [2.24, 2.45) is 5.73 Å². The summed E-state index contributed by atoms with van der Waals surface area (Å²) in [6.07, 6.45) is 5.37. The maximum atomic E-state index is 14.5. The first kappa shape index (κ1) is 23.2. The summed E-state index contributed by atoms with van der Waals surface area (Å²) in [7, 11) is -3.52. The molecule has 1 unspecified atom stereocenters. The fraction of sp³-hybridized carbons (Fsp3) is 0.333. The van der Waals surface area contributed by atoms with Gasteiger partial charge in [-0.15, -0.1) is 0 Å². The smallest absolute Gasteiger partial charge is 0.306 e. The van der Waals surface area contributed by atoms with E-state index in [-0.39, 0.29) is 33.9 Å². The fourth-order valence-electron chi connectivity index (χ4n) is 3.55. The molecule has 7 heteroatoms. The zero-order chi connectivity index (χ0) is 22.9. The highest BCUT2D eigenvalue weighted by Crippen LogP contribution is 2.35. The molecule has 166 valence electrons. The van der Waals surface area contributed by atoms with Gasteiger partial charge in [0.1, 0.15) is 18.5 Å². The van der Waals surface area contributed by atoms with Crippen LogP contribution in [-0.2, 0) is 15.4 Å². The van der Waals surface area contributed by atoms with Gasteiger partial charge in [-0.25, -0.2) is 4.39 Å². The van der Waals surface area contributed by atoms with Crippen LogP contribution in [0.2, 0.25) is 0 Å². The molecule has 31 heavy (non-hydrogen) atoms. The van der Waals surface area contributed by atoms with Crippen LogP contribution in [0.3, 0.4) is 0 Å². The summed E-state index contributed by atoms with van der Waals surface area (Å²) in [6.45, 7) is 8.22. The molecule has 2 aromatic carbocycles. The van der Waals surface area contributed by atoms with Gasteiger partial charge in [0, 0.05) is 24.3 Å². The fourth-order valence-corrected chi connectivity index (χ4v) is 5.07. The number of nitrogens with two attached hydrogens (primary N) is 1. The van der Waals surface area contributed by atoms with Crippen molar-refractivity contribution in [1.29, 1.82) is 0 Å². The summed E-state index contributed by atoms with van der Waals surface area (Å²) in [5.41, 5.74) is 7.81. The number of ether oxygens (including phenoxy) is 1. The zero-order valence-corrected chi connectivity index (χ0v) is 19.2. The molecule has 1 atom stereocenters.